The second-order valence-corrected chi connectivity index (χ2v) is 7.73. The third kappa shape index (κ3) is 4.15. The monoisotopic (exact) mass is 373 g/mol. The molecule has 0 heterocycles. The van der Waals surface area contributed by atoms with Gasteiger partial charge in [-0.05, 0) is 29.3 Å². The van der Waals surface area contributed by atoms with E-state index in [-0.39, 0.29) is 13.1 Å². The highest BCUT2D eigenvalue weighted by Gasteiger charge is 2.28. The molecule has 0 bridgehead atoms. The van der Waals surface area contributed by atoms with E-state index in [1.807, 2.05) is 12.1 Å². The maximum Gasteiger partial charge on any atom is 0.246 e. The van der Waals surface area contributed by atoms with Crippen molar-refractivity contribution in [3.8, 4) is 0 Å². The van der Waals surface area contributed by atoms with E-state index >= 15 is 0 Å². The Morgan fingerprint density at radius 3 is 1.73 bits per heavy atom. The zero-order chi connectivity index (χ0) is 18.6. The molecule has 0 amide bonds. The lowest BCUT2D eigenvalue weighted by Gasteiger charge is -2.23. The molecule has 3 aromatic rings. The Kier molecular flexibility index (Phi) is 5.44. The number of hydrogen-bond acceptors (Lipinski definition) is 2. The lowest BCUT2D eigenvalue weighted by atomic mass is 10.2. The smallest absolute Gasteiger partial charge is 0.207 e. The number of hydrogen-bond donors (Lipinski definition) is 0. The third-order valence-corrected chi connectivity index (χ3v) is 5.72. The number of halogens is 2. The van der Waals surface area contributed by atoms with Crippen LogP contribution < -0.4 is 0 Å². The van der Waals surface area contributed by atoms with Crippen LogP contribution in [0.5, 0.6) is 0 Å². The fourth-order valence-corrected chi connectivity index (χ4v) is 4.11. The average molecular weight is 373 g/mol. The summed E-state index contributed by atoms with van der Waals surface area (Å²) >= 11 is 0. The Morgan fingerprint density at radius 2 is 1.23 bits per heavy atom. The van der Waals surface area contributed by atoms with E-state index in [9.17, 15) is 17.2 Å². The Hall–Kier alpha value is -2.57. The van der Waals surface area contributed by atoms with Gasteiger partial charge >= 0.3 is 0 Å². The number of nitrogens with zero attached hydrogens (tertiary/aromatic N) is 1. The molecule has 0 N–H and O–H groups in total. The SMILES string of the molecule is O=S(=O)(c1cc(F)ccc1F)N(Cc1ccccc1)Cc1ccccc1. The lowest BCUT2D eigenvalue weighted by molar-refractivity contribution is 0.397. The highest BCUT2D eigenvalue weighted by atomic mass is 32.2. The molecule has 26 heavy (non-hydrogen) atoms. The standard InChI is InChI=1S/C20H17F2NO2S/c21-18-11-12-19(22)20(13-18)26(24,25)23(14-16-7-3-1-4-8-16)15-17-9-5-2-6-10-17/h1-13H,14-15H2. The summed E-state index contributed by atoms with van der Waals surface area (Å²) in [7, 11) is -4.23. The second-order valence-electron chi connectivity index (χ2n) is 5.82. The molecule has 0 atom stereocenters. The average Bonchev–Trinajstić information content (AvgIpc) is 2.65. The van der Waals surface area contributed by atoms with Crippen molar-refractivity contribution in [1.29, 1.82) is 0 Å². The van der Waals surface area contributed by atoms with E-state index in [4.69, 9.17) is 0 Å². The molecule has 0 radical (unpaired) electrons. The van der Waals surface area contributed by atoms with Crippen LogP contribution in [0, 0.1) is 11.6 Å². The first-order valence-corrected chi connectivity index (χ1v) is 9.44. The van der Waals surface area contributed by atoms with E-state index in [0.717, 1.165) is 27.6 Å². The fraction of sp³-hybridized carbons (Fsp3) is 0.100. The molecule has 0 saturated heterocycles. The van der Waals surface area contributed by atoms with Crippen LogP contribution in [0.3, 0.4) is 0 Å². The Morgan fingerprint density at radius 1 is 0.731 bits per heavy atom. The minimum atomic E-state index is -4.23. The van der Waals surface area contributed by atoms with Gasteiger partial charge in [-0.25, -0.2) is 17.2 Å². The molecule has 6 heteroatoms. The summed E-state index contributed by atoms with van der Waals surface area (Å²) in [4.78, 5) is -0.663. The van der Waals surface area contributed by atoms with E-state index in [0.29, 0.717) is 6.07 Å². The van der Waals surface area contributed by atoms with Gasteiger partial charge in [0.2, 0.25) is 10.0 Å². The summed E-state index contributed by atoms with van der Waals surface area (Å²) in [5.74, 6) is -1.78. The summed E-state index contributed by atoms with van der Waals surface area (Å²) in [5, 5.41) is 0. The molecule has 0 aromatic heterocycles. The first kappa shape index (κ1) is 18.2. The molecule has 3 aromatic carbocycles. The number of benzene rings is 3. The van der Waals surface area contributed by atoms with E-state index in [1.54, 1.807) is 48.5 Å². The van der Waals surface area contributed by atoms with Gasteiger partial charge in [-0.3, -0.25) is 0 Å². The van der Waals surface area contributed by atoms with Crippen LogP contribution in [-0.4, -0.2) is 12.7 Å². The number of rotatable bonds is 6. The molecule has 3 nitrogen and oxygen atoms in total. The topological polar surface area (TPSA) is 37.4 Å². The molecule has 0 aliphatic carbocycles. The molecular formula is C20H17F2NO2S. The summed E-state index contributed by atoms with van der Waals surface area (Å²) in [6.45, 7) is 0.0992. The summed E-state index contributed by atoms with van der Waals surface area (Å²) in [6, 6.07) is 20.4. The van der Waals surface area contributed by atoms with Gasteiger partial charge in [0.25, 0.3) is 0 Å². The second kappa shape index (κ2) is 7.76. The van der Waals surface area contributed by atoms with Crippen molar-refractivity contribution in [1.82, 2.24) is 4.31 Å². The highest BCUT2D eigenvalue weighted by Crippen LogP contribution is 2.24. The Balaban J connectivity index is 2.02. The van der Waals surface area contributed by atoms with Crippen LogP contribution in [0.25, 0.3) is 0 Å². The molecule has 0 fully saturated rings. The predicted molar refractivity (Wildman–Crippen MR) is 95.7 cm³/mol. The van der Waals surface area contributed by atoms with Crippen LogP contribution in [0.1, 0.15) is 11.1 Å². The Bertz CT molecular complexity index is 936. The van der Waals surface area contributed by atoms with Gasteiger partial charge < -0.3 is 0 Å². The van der Waals surface area contributed by atoms with Crippen molar-refractivity contribution in [2.75, 3.05) is 0 Å². The molecule has 0 spiro atoms. The van der Waals surface area contributed by atoms with E-state index < -0.39 is 26.6 Å². The van der Waals surface area contributed by atoms with Crippen molar-refractivity contribution in [3.05, 3.63) is 102 Å². The maximum absolute atomic E-state index is 14.1. The third-order valence-electron chi connectivity index (χ3n) is 3.91. The van der Waals surface area contributed by atoms with Crippen molar-refractivity contribution >= 4 is 10.0 Å². The van der Waals surface area contributed by atoms with Crippen molar-refractivity contribution in [3.63, 3.8) is 0 Å². The van der Waals surface area contributed by atoms with Crippen LogP contribution >= 0.6 is 0 Å². The molecule has 134 valence electrons. The first-order valence-electron chi connectivity index (χ1n) is 8.00. The summed E-state index contributed by atoms with van der Waals surface area (Å²) in [6.07, 6.45) is 0. The lowest BCUT2D eigenvalue weighted by Crippen LogP contribution is -2.31. The van der Waals surface area contributed by atoms with Gasteiger partial charge in [0.05, 0.1) is 0 Å². The van der Waals surface area contributed by atoms with E-state index in [2.05, 4.69) is 0 Å². The van der Waals surface area contributed by atoms with Gasteiger partial charge in [0.15, 0.2) is 0 Å². The van der Waals surface area contributed by atoms with Gasteiger partial charge in [-0.2, -0.15) is 4.31 Å². The maximum atomic E-state index is 14.1. The molecule has 3 rings (SSSR count). The predicted octanol–water partition coefficient (Wildman–Crippen LogP) is 4.36. The van der Waals surface area contributed by atoms with Crippen LogP contribution in [0.2, 0.25) is 0 Å². The minimum absolute atomic E-state index is 0.0496. The normalized spacial score (nSPS) is 11.7. The quantitative estimate of drug-likeness (QED) is 0.644. The zero-order valence-electron chi connectivity index (χ0n) is 13.8. The van der Waals surface area contributed by atoms with Crippen molar-refractivity contribution < 1.29 is 17.2 Å². The highest BCUT2D eigenvalue weighted by molar-refractivity contribution is 7.89. The van der Waals surface area contributed by atoms with Crippen LogP contribution in [-0.2, 0) is 23.1 Å². The van der Waals surface area contributed by atoms with Gasteiger partial charge in [0, 0.05) is 13.1 Å². The van der Waals surface area contributed by atoms with Gasteiger partial charge in [-0.1, -0.05) is 60.7 Å². The van der Waals surface area contributed by atoms with Crippen LogP contribution in [0.15, 0.2) is 83.8 Å². The minimum Gasteiger partial charge on any atom is -0.207 e. The van der Waals surface area contributed by atoms with Crippen LogP contribution in [0.4, 0.5) is 8.78 Å². The molecule has 0 aliphatic heterocycles. The molecular weight excluding hydrogens is 356 g/mol. The first-order chi connectivity index (χ1) is 12.5. The van der Waals surface area contributed by atoms with Crippen molar-refractivity contribution in [2.24, 2.45) is 0 Å². The molecule has 0 unspecified atom stereocenters. The molecule has 0 aliphatic rings. The van der Waals surface area contributed by atoms with Crippen molar-refractivity contribution in [2.45, 2.75) is 18.0 Å². The Labute approximate surface area is 151 Å². The largest absolute Gasteiger partial charge is 0.246 e. The molecule has 0 saturated carbocycles. The van der Waals surface area contributed by atoms with E-state index in [1.165, 1.54) is 0 Å². The summed E-state index contributed by atoms with van der Waals surface area (Å²) in [5.41, 5.74) is 1.51. The van der Waals surface area contributed by atoms with Gasteiger partial charge in [0.1, 0.15) is 16.5 Å². The zero-order valence-corrected chi connectivity index (χ0v) is 14.7. The summed E-state index contributed by atoms with van der Waals surface area (Å²) < 4.78 is 54.9. The van der Waals surface area contributed by atoms with Gasteiger partial charge in [-0.15, -0.1) is 0 Å². The fourth-order valence-electron chi connectivity index (χ4n) is 2.61. The number of sulfonamides is 1.